The first-order valence-electron chi connectivity index (χ1n) is 7.45. The highest BCUT2D eigenvalue weighted by molar-refractivity contribution is 7.98. The van der Waals surface area contributed by atoms with Gasteiger partial charge >= 0.3 is 0 Å². The molecule has 0 aliphatic carbocycles. The predicted molar refractivity (Wildman–Crippen MR) is 93.2 cm³/mol. The van der Waals surface area contributed by atoms with Gasteiger partial charge in [-0.05, 0) is 30.7 Å². The molecule has 0 bridgehead atoms. The van der Waals surface area contributed by atoms with Crippen LogP contribution >= 0.6 is 23.4 Å². The van der Waals surface area contributed by atoms with Gasteiger partial charge in [0, 0.05) is 22.3 Å². The SMILES string of the molecule is CCCc1cc(=O)[nH]c(SCc2nnc(-c3ccc(Cl)cc3)o2)n1. The molecule has 2 heterocycles. The number of halogens is 1. The fourth-order valence-electron chi connectivity index (χ4n) is 2.09. The third kappa shape index (κ3) is 4.24. The first-order chi connectivity index (χ1) is 11.6. The zero-order valence-electron chi connectivity index (χ0n) is 13.0. The summed E-state index contributed by atoms with van der Waals surface area (Å²) in [6, 6.07) is 8.70. The van der Waals surface area contributed by atoms with Gasteiger partial charge in [0.05, 0.1) is 5.75 Å². The van der Waals surface area contributed by atoms with Crippen LogP contribution in [0.15, 0.2) is 44.7 Å². The molecule has 0 atom stereocenters. The standard InChI is InChI=1S/C16H15ClN4O2S/c1-2-3-12-8-13(22)19-16(18-12)24-9-14-20-21-15(23-14)10-4-6-11(17)7-5-10/h4-8H,2-3,9H2,1H3,(H,18,19,22). The maximum absolute atomic E-state index is 11.6. The van der Waals surface area contributed by atoms with Crippen molar-refractivity contribution in [3.05, 3.63) is 57.3 Å². The molecule has 0 fully saturated rings. The third-order valence-corrected chi connectivity index (χ3v) is 4.28. The number of aryl methyl sites for hydroxylation is 1. The van der Waals surface area contributed by atoms with Crippen molar-refractivity contribution in [3.8, 4) is 11.5 Å². The van der Waals surface area contributed by atoms with Gasteiger partial charge in [0.15, 0.2) is 5.16 Å². The van der Waals surface area contributed by atoms with Crippen molar-refractivity contribution in [1.82, 2.24) is 20.2 Å². The lowest BCUT2D eigenvalue weighted by Gasteiger charge is -2.01. The van der Waals surface area contributed by atoms with Crippen molar-refractivity contribution in [1.29, 1.82) is 0 Å². The van der Waals surface area contributed by atoms with Crippen molar-refractivity contribution >= 4 is 23.4 Å². The number of rotatable bonds is 6. The van der Waals surface area contributed by atoms with E-state index in [-0.39, 0.29) is 5.56 Å². The quantitative estimate of drug-likeness (QED) is 0.531. The monoisotopic (exact) mass is 362 g/mol. The van der Waals surface area contributed by atoms with Gasteiger partial charge in [0.1, 0.15) is 0 Å². The van der Waals surface area contributed by atoms with Gasteiger partial charge in [-0.3, -0.25) is 4.79 Å². The Morgan fingerprint density at radius 1 is 1.25 bits per heavy atom. The minimum Gasteiger partial charge on any atom is -0.420 e. The molecule has 24 heavy (non-hydrogen) atoms. The van der Waals surface area contributed by atoms with Gasteiger partial charge in [-0.15, -0.1) is 10.2 Å². The number of hydrogen-bond acceptors (Lipinski definition) is 6. The van der Waals surface area contributed by atoms with Gasteiger partial charge in [0.2, 0.25) is 11.8 Å². The molecule has 6 nitrogen and oxygen atoms in total. The lowest BCUT2D eigenvalue weighted by Crippen LogP contribution is -2.09. The lowest BCUT2D eigenvalue weighted by atomic mass is 10.2. The highest BCUT2D eigenvalue weighted by atomic mass is 35.5. The third-order valence-electron chi connectivity index (χ3n) is 3.17. The summed E-state index contributed by atoms with van der Waals surface area (Å²) < 4.78 is 5.63. The van der Waals surface area contributed by atoms with Gasteiger partial charge < -0.3 is 9.40 Å². The Hall–Kier alpha value is -2.12. The van der Waals surface area contributed by atoms with E-state index in [0.717, 1.165) is 24.1 Å². The zero-order chi connectivity index (χ0) is 16.9. The Labute approximate surface area is 147 Å². The fourth-order valence-corrected chi connectivity index (χ4v) is 2.94. The molecule has 3 rings (SSSR count). The molecule has 124 valence electrons. The van der Waals surface area contributed by atoms with Crippen LogP contribution < -0.4 is 5.56 Å². The molecule has 0 unspecified atom stereocenters. The maximum atomic E-state index is 11.6. The summed E-state index contributed by atoms with van der Waals surface area (Å²) in [7, 11) is 0. The number of nitrogens with one attached hydrogen (secondary N) is 1. The van der Waals surface area contributed by atoms with Crippen LogP contribution in [0.4, 0.5) is 0 Å². The minimum atomic E-state index is -0.150. The van der Waals surface area contributed by atoms with Gasteiger partial charge in [-0.25, -0.2) is 4.98 Å². The molecule has 0 aliphatic heterocycles. The summed E-state index contributed by atoms with van der Waals surface area (Å²) in [6.07, 6.45) is 1.72. The van der Waals surface area contributed by atoms with Crippen LogP contribution in [0.2, 0.25) is 5.02 Å². The highest BCUT2D eigenvalue weighted by Crippen LogP contribution is 2.23. The summed E-state index contributed by atoms with van der Waals surface area (Å²) in [5, 5.41) is 9.25. The average molecular weight is 363 g/mol. The first-order valence-corrected chi connectivity index (χ1v) is 8.82. The van der Waals surface area contributed by atoms with Crippen molar-refractivity contribution in [2.45, 2.75) is 30.7 Å². The summed E-state index contributed by atoms with van der Waals surface area (Å²) in [5.74, 6) is 1.33. The molecule has 0 aliphatic rings. The van der Waals surface area contributed by atoms with E-state index in [1.807, 2.05) is 19.1 Å². The van der Waals surface area contributed by atoms with Crippen molar-refractivity contribution in [2.75, 3.05) is 0 Å². The second-order valence-electron chi connectivity index (χ2n) is 5.09. The number of aromatic nitrogens is 4. The van der Waals surface area contributed by atoms with Crippen LogP contribution in [0.1, 0.15) is 24.9 Å². The van der Waals surface area contributed by atoms with E-state index in [4.69, 9.17) is 16.0 Å². The largest absolute Gasteiger partial charge is 0.420 e. The Morgan fingerprint density at radius 2 is 2.04 bits per heavy atom. The number of nitrogens with zero attached hydrogens (tertiary/aromatic N) is 3. The van der Waals surface area contributed by atoms with Crippen molar-refractivity contribution in [2.24, 2.45) is 0 Å². The molecule has 0 amide bonds. The van der Waals surface area contributed by atoms with E-state index in [9.17, 15) is 4.79 Å². The molecule has 2 aromatic heterocycles. The summed E-state index contributed by atoms with van der Waals surface area (Å²) >= 11 is 7.22. The zero-order valence-corrected chi connectivity index (χ0v) is 14.5. The molecule has 0 spiro atoms. The Morgan fingerprint density at radius 3 is 2.79 bits per heavy atom. The Kier molecular flexibility index (Phi) is 5.32. The smallest absolute Gasteiger partial charge is 0.251 e. The van der Waals surface area contributed by atoms with Crippen LogP contribution in [0, 0.1) is 0 Å². The first kappa shape index (κ1) is 16.7. The van der Waals surface area contributed by atoms with Crippen LogP contribution in [0.25, 0.3) is 11.5 Å². The second kappa shape index (κ2) is 7.63. The predicted octanol–water partition coefficient (Wildman–Crippen LogP) is 3.72. The number of H-pyrrole nitrogens is 1. The van der Waals surface area contributed by atoms with E-state index < -0.39 is 0 Å². The van der Waals surface area contributed by atoms with Crippen LogP contribution in [0.3, 0.4) is 0 Å². The van der Waals surface area contributed by atoms with E-state index >= 15 is 0 Å². The van der Waals surface area contributed by atoms with E-state index in [2.05, 4.69) is 20.2 Å². The number of hydrogen-bond donors (Lipinski definition) is 1. The van der Waals surface area contributed by atoms with E-state index in [1.54, 1.807) is 12.1 Å². The molecule has 0 saturated heterocycles. The molecular formula is C16H15ClN4O2S. The molecule has 8 heteroatoms. The van der Waals surface area contributed by atoms with Gasteiger partial charge in [-0.1, -0.05) is 36.7 Å². The van der Waals surface area contributed by atoms with Crippen molar-refractivity contribution < 1.29 is 4.42 Å². The number of thioether (sulfide) groups is 1. The Balaban J connectivity index is 1.69. The van der Waals surface area contributed by atoms with E-state index in [1.165, 1.54) is 17.8 Å². The van der Waals surface area contributed by atoms with Gasteiger partial charge in [0.25, 0.3) is 5.56 Å². The topological polar surface area (TPSA) is 84.7 Å². The highest BCUT2D eigenvalue weighted by Gasteiger charge is 2.10. The molecular weight excluding hydrogens is 348 g/mol. The van der Waals surface area contributed by atoms with Crippen LogP contribution in [0.5, 0.6) is 0 Å². The average Bonchev–Trinajstić information content (AvgIpc) is 3.02. The number of benzene rings is 1. The molecule has 3 aromatic rings. The lowest BCUT2D eigenvalue weighted by molar-refractivity contribution is 0.528. The summed E-state index contributed by atoms with van der Waals surface area (Å²) in [4.78, 5) is 18.8. The fraction of sp³-hybridized carbons (Fsp3) is 0.250. The van der Waals surface area contributed by atoms with Crippen molar-refractivity contribution in [3.63, 3.8) is 0 Å². The Bertz CT molecular complexity index is 876. The molecule has 0 radical (unpaired) electrons. The second-order valence-corrected chi connectivity index (χ2v) is 6.49. The van der Waals surface area contributed by atoms with E-state index in [0.29, 0.717) is 27.7 Å². The maximum Gasteiger partial charge on any atom is 0.251 e. The molecule has 1 aromatic carbocycles. The number of aromatic amines is 1. The van der Waals surface area contributed by atoms with Crippen LogP contribution in [-0.2, 0) is 12.2 Å². The minimum absolute atomic E-state index is 0.150. The van der Waals surface area contributed by atoms with Crippen LogP contribution in [-0.4, -0.2) is 20.2 Å². The molecule has 0 saturated carbocycles. The normalized spacial score (nSPS) is 10.9. The molecule has 1 N–H and O–H groups in total. The van der Waals surface area contributed by atoms with Gasteiger partial charge in [-0.2, -0.15) is 0 Å². The summed E-state index contributed by atoms with van der Waals surface area (Å²) in [6.45, 7) is 2.05. The summed E-state index contributed by atoms with van der Waals surface area (Å²) in [5.41, 5.74) is 1.44.